The Hall–Kier alpha value is -2.37. The summed E-state index contributed by atoms with van der Waals surface area (Å²) in [5.74, 6) is 1.04. The van der Waals surface area contributed by atoms with Crippen molar-refractivity contribution in [1.29, 1.82) is 0 Å². The number of para-hydroxylation sites is 1. The number of hydrogen-bond acceptors (Lipinski definition) is 4. The third-order valence-electron chi connectivity index (χ3n) is 1.99. The van der Waals surface area contributed by atoms with E-state index in [0.29, 0.717) is 11.6 Å². The second-order valence-electron chi connectivity index (χ2n) is 3.39. The van der Waals surface area contributed by atoms with Crippen LogP contribution in [0.1, 0.15) is 5.82 Å². The van der Waals surface area contributed by atoms with Crippen LogP contribution in [0.3, 0.4) is 0 Å². The molecule has 1 aromatic carbocycles. The predicted octanol–water partition coefficient (Wildman–Crippen LogP) is 1.10. The van der Waals surface area contributed by atoms with E-state index in [2.05, 4.69) is 15.4 Å². The molecule has 17 heavy (non-hydrogen) atoms. The molecule has 0 spiro atoms. The summed E-state index contributed by atoms with van der Waals surface area (Å²) < 4.78 is 6.60. The summed E-state index contributed by atoms with van der Waals surface area (Å²) in [6, 6.07) is 8.85. The summed E-state index contributed by atoms with van der Waals surface area (Å²) in [5, 5.41) is 6.59. The molecule has 0 aliphatic heterocycles. The van der Waals surface area contributed by atoms with Gasteiger partial charge in [-0.15, -0.1) is 0 Å². The van der Waals surface area contributed by atoms with Gasteiger partial charge >= 0.3 is 6.09 Å². The van der Waals surface area contributed by atoms with Crippen molar-refractivity contribution in [3.8, 4) is 5.75 Å². The lowest BCUT2D eigenvalue weighted by atomic mass is 10.3. The number of aromatic nitrogens is 3. The van der Waals surface area contributed by atoms with E-state index in [1.165, 1.54) is 0 Å². The third kappa shape index (κ3) is 3.30. The van der Waals surface area contributed by atoms with Crippen molar-refractivity contribution in [3.05, 3.63) is 42.5 Å². The largest absolute Gasteiger partial charge is 0.412 e. The van der Waals surface area contributed by atoms with Crippen LogP contribution in [0.4, 0.5) is 4.79 Å². The number of aryl methyl sites for hydroxylation is 1. The van der Waals surface area contributed by atoms with E-state index in [9.17, 15) is 4.79 Å². The van der Waals surface area contributed by atoms with Gasteiger partial charge < -0.3 is 10.1 Å². The van der Waals surface area contributed by atoms with E-state index in [-0.39, 0.29) is 6.54 Å². The maximum atomic E-state index is 11.4. The number of amides is 1. The molecule has 0 bridgehead atoms. The molecular weight excluding hydrogens is 220 g/mol. The molecule has 0 saturated carbocycles. The van der Waals surface area contributed by atoms with Gasteiger partial charge in [-0.3, -0.25) is 4.68 Å². The number of carbonyl (C=O) groups is 1. The Bertz CT molecular complexity index is 495. The Labute approximate surface area is 98.2 Å². The van der Waals surface area contributed by atoms with Gasteiger partial charge in [-0.2, -0.15) is 5.10 Å². The van der Waals surface area contributed by atoms with E-state index < -0.39 is 6.09 Å². The fourth-order valence-corrected chi connectivity index (χ4v) is 1.25. The highest BCUT2D eigenvalue weighted by Crippen LogP contribution is 2.08. The minimum absolute atomic E-state index is 0.243. The van der Waals surface area contributed by atoms with Gasteiger partial charge in [-0.25, -0.2) is 9.78 Å². The molecule has 0 radical (unpaired) electrons. The molecule has 1 amide bonds. The molecule has 1 aromatic heterocycles. The van der Waals surface area contributed by atoms with Crippen LogP contribution in [0.2, 0.25) is 0 Å². The van der Waals surface area contributed by atoms with Gasteiger partial charge in [0.2, 0.25) is 0 Å². The quantitative estimate of drug-likeness (QED) is 0.860. The van der Waals surface area contributed by atoms with Gasteiger partial charge in [0, 0.05) is 7.05 Å². The van der Waals surface area contributed by atoms with Crippen LogP contribution in [0, 0.1) is 0 Å². The second-order valence-corrected chi connectivity index (χ2v) is 3.39. The highest BCUT2D eigenvalue weighted by atomic mass is 16.6. The average Bonchev–Trinajstić information content (AvgIpc) is 2.74. The minimum atomic E-state index is -0.524. The first-order valence-corrected chi connectivity index (χ1v) is 5.09. The molecule has 0 atom stereocenters. The van der Waals surface area contributed by atoms with Crippen molar-refractivity contribution >= 4 is 6.09 Å². The fraction of sp³-hybridized carbons (Fsp3) is 0.182. The van der Waals surface area contributed by atoms with Gasteiger partial charge in [0.1, 0.15) is 12.1 Å². The molecular formula is C11H12N4O2. The highest BCUT2D eigenvalue weighted by molar-refractivity contribution is 5.70. The minimum Gasteiger partial charge on any atom is -0.410 e. The summed E-state index contributed by atoms with van der Waals surface area (Å²) in [7, 11) is 1.76. The van der Waals surface area contributed by atoms with Crippen LogP contribution in [-0.4, -0.2) is 20.9 Å². The van der Waals surface area contributed by atoms with Crippen LogP contribution in [-0.2, 0) is 13.6 Å². The molecule has 88 valence electrons. The zero-order valence-corrected chi connectivity index (χ0v) is 9.33. The Morgan fingerprint density at radius 2 is 2.18 bits per heavy atom. The maximum absolute atomic E-state index is 11.4. The average molecular weight is 232 g/mol. The molecule has 1 heterocycles. The number of rotatable bonds is 3. The SMILES string of the molecule is Cn1cnc(CNC(=O)Oc2ccccc2)n1. The van der Waals surface area contributed by atoms with E-state index in [1.54, 1.807) is 42.3 Å². The molecule has 6 heteroatoms. The van der Waals surface area contributed by atoms with E-state index in [1.807, 2.05) is 6.07 Å². The summed E-state index contributed by atoms with van der Waals surface area (Å²) in [6.45, 7) is 0.243. The zero-order valence-electron chi connectivity index (χ0n) is 9.33. The lowest BCUT2D eigenvalue weighted by molar-refractivity contribution is 0.199. The third-order valence-corrected chi connectivity index (χ3v) is 1.99. The van der Waals surface area contributed by atoms with E-state index in [4.69, 9.17) is 4.74 Å². The Kier molecular flexibility index (Phi) is 3.34. The molecule has 0 aliphatic carbocycles. The molecule has 2 aromatic rings. The lowest BCUT2D eigenvalue weighted by Crippen LogP contribution is -2.26. The number of benzene rings is 1. The normalized spacial score (nSPS) is 9.94. The molecule has 0 fully saturated rings. The van der Waals surface area contributed by atoms with Gasteiger partial charge in [-0.1, -0.05) is 18.2 Å². The van der Waals surface area contributed by atoms with Crippen molar-refractivity contribution < 1.29 is 9.53 Å². The fourth-order valence-electron chi connectivity index (χ4n) is 1.25. The number of hydrogen-bond donors (Lipinski definition) is 1. The zero-order chi connectivity index (χ0) is 12.1. The van der Waals surface area contributed by atoms with Crippen LogP contribution in [0.25, 0.3) is 0 Å². The second kappa shape index (κ2) is 5.11. The molecule has 2 rings (SSSR count). The predicted molar refractivity (Wildman–Crippen MR) is 60.3 cm³/mol. The van der Waals surface area contributed by atoms with Gasteiger partial charge in [0.25, 0.3) is 0 Å². The molecule has 1 N–H and O–H groups in total. The van der Waals surface area contributed by atoms with Crippen molar-refractivity contribution in [2.45, 2.75) is 6.54 Å². The number of nitrogens with one attached hydrogen (secondary N) is 1. The Balaban J connectivity index is 1.82. The topological polar surface area (TPSA) is 69.0 Å². The van der Waals surface area contributed by atoms with Crippen LogP contribution < -0.4 is 10.1 Å². The van der Waals surface area contributed by atoms with E-state index >= 15 is 0 Å². The Morgan fingerprint density at radius 3 is 2.82 bits per heavy atom. The smallest absolute Gasteiger partial charge is 0.410 e. The standard InChI is InChI=1S/C11H12N4O2/c1-15-8-13-10(14-15)7-12-11(16)17-9-5-3-2-4-6-9/h2-6,8H,7H2,1H3,(H,12,16). The van der Waals surface area contributed by atoms with Crippen LogP contribution in [0.15, 0.2) is 36.7 Å². The van der Waals surface area contributed by atoms with Gasteiger partial charge in [0.05, 0.1) is 6.54 Å². The van der Waals surface area contributed by atoms with Crippen molar-refractivity contribution in [2.75, 3.05) is 0 Å². The first-order valence-electron chi connectivity index (χ1n) is 5.09. The number of carbonyl (C=O) groups excluding carboxylic acids is 1. The van der Waals surface area contributed by atoms with Crippen LogP contribution in [0.5, 0.6) is 5.75 Å². The highest BCUT2D eigenvalue weighted by Gasteiger charge is 2.05. The summed E-state index contributed by atoms with van der Waals surface area (Å²) in [4.78, 5) is 15.4. The van der Waals surface area contributed by atoms with Crippen molar-refractivity contribution in [2.24, 2.45) is 7.05 Å². The summed E-state index contributed by atoms with van der Waals surface area (Å²) in [6.07, 6.45) is 1.04. The molecule has 0 saturated heterocycles. The van der Waals surface area contributed by atoms with Gasteiger partial charge in [-0.05, 0) is 12.1 Å². The number of nitrogens with zero attached hydrogens (tertiary/aromatic N) is 3. The summed E-state index contributed by atoms with van der Waals surface area (Å²) in [5.41, 5.74) is 0. The number of ether oxygens (including phenoxy) is 1. The Morgan fingerprint density at radius 1 is 1.41 bits per heavy atom. The first-order chi connectivity index (χ1) is 8.24. The monoisotopic (exact) mass is 232 g/mol. The lowest BCUT2D eigenvalue weighted by Gasteiger charge is -2.04. The van der Waals surface area contributed by atoms with Crippen molar-refractivity contribution in [1.82, 2.24) is 20.1 Å². The van der Waals surface area contributed by atoms with Gasteiger partial charge in [0.15, 0.2) is 5.82 Å². The molecule has 6 nitrogen and oxygen atoms in total. The van der Waals surface area contributed by atoms with Crippen molar-refractivity contribution in [3.63, 3.8) is 0 Å². The van der Waals surface area contributed by atoms with Crippen LogP contribution >= 0.6 is 0 Å². The maximum Gasteiger partial charge on any atom is 0.412 e. The molecule has 0 unspecified atom stereocenters. The molecule has 0 aliphatic rings. The first kappa shape index (κ1) is 11.1. The van der Waals surface area contributed by atoms with E-state index in [0.717, 1.165) is 0 Å². The summed E-state index contributed by atoms with van der Waals surface area (Å²) >= 11 is 0.